The molecule has 0 saturated carbocycles. The Kier molecular flexibility index (Phi) is 3.73. The Bertz CT molecular complexity index is 670. The lowest BCUT2D eigenvalue weighted by Gasteiger charge is -2.08. The highest BCUT2D eigenvalue weighted by Gasteiger charge is 2.22. The number of primary amides is 1. The van der Waals surface area contributed by atoms with E-state index in [1.54, 1.807) is 0 Å². The van der Waals surface area contributed by atoms with Gasteiger partial charge in [0.25, 0.3) is 5.91 Å². The van der Waals surface area contributed by atoms with Crippen LogP contribution < -0.4 is 5.73 Å². The number of halogens is 2. The molecule has 19 heavy (non-hydrogen) atoms. The van der Waals surface area contributed by atoms with Crippen molar-refractivity contribution >= 4 is 44.9 Å². The van der Waals surface area contributed by atoms with Crippen LogP contribution in [0.5, 0.6) is 0 Å². The molecule has 0 aliphatic carbocycles. The van der Waals surface area contributed by atoms with E-state index in [-0.39, 0.29) is 9.90 Å². The Labute approximate surface area is 116 Å². The van der Waals surface area contributed by atoms with Gasteiger partial charge in [0.2, 0.25) is 0 Å². The standard InChI is InChI=1S/C12H9ClFNO3S/c1-5(11(15)16)18-12(17)10-9(13)7-3-2-6(14)4-8(7)19-10/h2-5H,1H3,(H2,15,16)/t5-/m1/s1. The van der Waals surface area contributed by atoms with Gasteiger partial charge >= 0.3 is 5.97 Å². The summed E-state index contributed by atoms with van der Waals surface area (Å²) in [6.45, 7) is 1.36. The first-order valence-electron chi connectivity index (χ1n) is 5.28. The van der Waals surface area contributed by atoms with Crippen LogP contribution in [0.4, 0.5) is 4.39 Å². The molecule has 0 spiro atoms. The third kappa shape index (κ3) is 2.69. The lowest BCUT2D eigenvalue weighted by molar-refractivity contribution is -0.125. The van der Waals surface area contributed by atoms with Crippen LogP contribution in [0.15, 0.2) is 18.2 Å². The Morgan fingerprint density at radius 1 is 1.47 bits per heavy atom. The number of nitrogens with two attached hydrogens (primary N) is 1. The van der Waals surface area contributed by atoms with Crippen LogP contribution in [-0.2, 0) is 9.53 Å². The molecule has 1 aromatic carbocycles. The average Bonchev–Trinajstić information content (AvgIpc) is 2.66. The molecular weight excluding hydrogens is 293 g/mol. The Balaban J connectivity index is 2.37. The molecule has 0 radical (unpaired) electrons. The van der Waals surface area contributed by atoms with E-state index in [9.17, 15) is 14.0 Å². The number of hydrogen-bond acceptors (Lipinski definition) is 4. The normalized spacial score (nSPS) is 12.4. The second kappa shape index (κ2) is 5.14. The fraction of sp³-hybridized carbons (Fsp3) is 0.167. The number of amides is 1. The third-order valence-electron chi connectivity index (χ3n) is 2.46. The molecule has 1 amide bonds. The van der Waals surface area contributed by atoms with E-state index in [0.717, 1.165) is 11.3 Å². The fourth-order valence-corrected chi connectivity index (χ4v) is 2.86. The lowest BCUT2D eigenvalue weighted by atomic mass is 10.2. The maximum absolute atomic E-state index is 13.1. The number of rotatable bonds is 3. The van der Waals surface area contributed by atoms with Crippen LogP contribution in [0.2, 0.25) is 5.02 Å². The van der Waals surface area contributed by atoms with Gasteiger partial charge in [0, 0.05) is 10.1 Å². The Morgan fingerprint density at radius 3 is 2.79 bits per heavy atom. The maximum atomic E-state index is 13.1. The summed E-state index contributed by atoms with van der Waals surface area (Å²) in [6, 6.07) is 4.01. The summed E-state index contributed by atoms with van der Waals surface area (Å²) < 4.78 is 18.5. The van der Waals surface area contributed by atoms with Crippen LogP contribution >= 0.6 is 22.9 Å². The predicted octanol–water partition coefficient (Wildman–Crippen LogP) is 2.72. The zero-order valence-electron chi connectivity index (χ0n) is 9.78. The summed E-state index contributed by atoms with van der Waals surface area (Å²) in [5.41, 5.74) is 5.00. The van der Waals surface area contributed by atoms with Crippen molar-refractivity contribution < 1.29 is 18.7 Å². The van der Waals surface area contributed by atoms with Crippen molar-refractivity contribution in [2.24, 2.45) is 5.73 Å². The number of carbonyl (C=O) groups excluding carboxylic acids is 2. The summed E-state index contributed by atoms with van der Waals surface area (Å²) in [4.78, 5) is 22.8. The molecule has 0 aliphatic heterocycles. The summed E-state index contributed by atoms with van der Waals surface area (Å²) in [7, 11) is 0. The van der Waals surface area contributed by atoms with Crippen LogP contribution in [0, 0.1) is 5.82 Å². The average molecular weight is 302 g/mol. The van der Waals surface area contributed by atoms with E-state index in [0.29, 0.717) is 10.1 Å². The SMILES string of the molecule is C[C@@H](OC(=O)c1sc2cc(F)ccc2c1Cl)C(N)=O. The second-order valence-electron chi connectivity index (χ2n) is 3.84. The maximum Gasteiger partial charge on any atom is 0.350 e. The van der Waals surface area contributed by atoms with Crippen LogP contribution in [-0.4, -0.2) is 18.0 Å². The number of esters is 1. The first-order chi connectivity index (χ1) is 8.90. The third-order valence-corrected chi connectivity index (χ3v) is 4.10. The van der Waals surface area contributed by atoms with Gasteiger partial charge in [-0.1, -0.05) is 11.6 Å². The van der Waals surface area contributed by atoms with E-state index >= 15 is 0 Å². The molecule has 7 heteroatoms. The van der Waals surface area contributed by atoms with E-state index in [4.69, 9.17) is 22.1 Å². The Morgan fingerprint density at radius 2 is 2.16 bits per heavy atom. The number of carbonyl (C=O) groups is 2. The molecule has 1 atom stereocenters. The monoisotopic (exact) mass is 301 g/mol. The first kappa shape index (κ1) is 13.8. The van der Waals surface area contributed by atoms with Gasteiger partial charge in [-0.15, -0.1) is 11.3 Å². The van der Waals surface area contributed by atoms with Crippen molar-refractivity contribution in [3.05, 3.63) is 33.9 Å². The van der Waals surface area contributed by atoms with E-state index < -0.39 is 23.8 Å². The smallest absolute Gasteiger partial charge is 0.350 e. The van der Waals surface area contributed by atoms with E-state index in [1.165, 1.54) is 25.1 Å². The van der Waals surface area contributed by atoms with Gasteiger partial charge < -0.3 is 10.5 Å². The molecule has 100 valence electrons. The zero-order chi connectivity index (χ0) is 14.2. The highest BCUT2D eigenvalue weighted by atomic mass is 35.5. The molecule has 0 fully saturated rings. The lowest BCUT2D eigenvalue weighted by Crippen LogP contribution is -2.30. The van der Waals surface area contributed by atoms with Gasteiger partial charge in [-0.3, -0.25) is 4.79 Å². The first-order valence-corrected chi connectivity index (χ1v) is 6.47. The molecule has 2 aromatic rings. The topological polar surface area (TPSA) is 69.4 Å². The van der Waals surface area contributed by atoms with E-state index in [1.807, 2.05) is 0 Å². The quantitative estimate of drug-likeness (QED) is 0.886. The summed E-state index contributed by atoms with van der Waals surface area (Å²) in [5, 5.41) is 0.744. The van der Waals surface area contributed by atoms with Gasteiger partial charge in [-0.25, -0.2) is 9.18 Å². The predicted molar refractivity (Wildman–Crippen MR) is 70.9 cm³/mol. The fourth-order valence-electron chi connectivity index (χ4n) is 1.44. The van der Waals surface area contributed by atoms with Crippen molar-refractivity contribution in [1.82, 2.24) is 0 Å². The van der Waals surface area contributed by atoms with Crippen molar-refractivity contribution in [2.75, 3.05) is 0 Å². The summed E-state index contributed by atoms with van der Waals surface area (Å²) in [6.07, 6.45) is -1.05. The number of hydrogen-bond donors (Lipinski definition) is 1. The molecular formula is C12H9ClFNO3S. The highest BCUT2D eigenvalue weighted by molar-refractivity contribution is 7.21. The Hall–Kier alpha value is -1.66. The van der Waals surface area contributed by atoms with Crippen LogP contribution in [0.25, 0.3) is 10.1 Å². The van der Waals surface area contributed by atoms with Crippen molar-refractivity contribution in [3.63, 3.8) is 0 Å². The highest BCUT2D eigenvalue weighted by Crippen LogP contribution is 2.36. The molecule has 0 aliphatic rings. The minimum atomic E-state index is -1.05. The molecule has 0 saturated heterocycles. The second-order valence-corrected chi connectivity index (χ2v) is 5.27. The summed E-state index contributed by atoms with van der Waals surface area (Å²) >= 11 is 7.04. The number of benzene rings is 1. The van der Waals surface area contributed by atoms with Crippen molar-refractivity contribution in [3.8, 4) is 0 Å². The molecule has 4 nitrogen and oxygen atoms in total. The molecule has 0 bridgehead atoms. The number of ether oxygens (including phenoxy) is 1. The minimum absolute atomic E-state index is 0.121. The van der Waals surface area contributed by atoms with Gasteiger partial charge in [0.1, 0.15) is 10.7 Å². The molecule has 0 unspecified atom stereocenters. The van der Waals surface area contributed by atoms with Gasteiger partial charge in [0.05, 0.1) is 5.02 Å². The molecule has 2 rings (SSSR count). The van der Waals surface area contributed by atoms with Crippen molar-refractivity contribution in [2.45, 2.75) is 13.0 Å². The number of fused-ring (bicyclic) bond motifs is 1. The zero-order valence-corrected chi connectivity index (χ0v) is 11.3. The number of thiophene rings is 1. The largest absolute Gasteiger partial charge is 0.448 e. The summed E-state index contributed by atoms with van der Waals surface area (Å²) in [5.74, 6) is -1.93. The van der Waals surface area contributed by atoms with Gasteiger partial charge in [0.15, 0.2) is 6.10 Å². The molecule has 1 heterocycles. The van der Waals surface area contributed by atoms with Gasteiger partial charge in [-0.05, 0) is 25.1 Å². The molecule has 1 aromatic heterocycles. The van der Waals surface area contributed by atoms with Crippen LogP contribution in [0.1, 0.15) is 16.6 Å². The molecule has 2 N–H and O–H groups in total. The van der Waals surface area contributed by atoms with Crippen molar-refractivity contribution in [1.29, 1.82) is 0 Å². The minimum Gasteiger partial charge on any atom is -0.448 e. The van der Waals surface area contributed by atoms with Gasteiger partial charge in [-0.2, -0.15) is 0 Å². The van der Waals surface area contributed by atoms with Crippen LogP contribution in [0.3, 0.4) is 0 Å². The van der Waals surface area contributed by atoms with E-state index in [2.05, 4.69) is 0 Å².